The number of carbonyl (C=O) groups is 1. The van der Waals surface area contributed by atoms with Crippen molar-refractivity contribution in [2.24, 2.45) is 10.9 Å². The minimum atomic E-state index is -0.259. The number of ether oxygens (including phenoxy) is 1. The van der Waals surface area contributed by atoms with Crippen LogP contribution in [0.3, 0.4) is 0 Å². The van der Waals surface area contributed by atoms with Crippen molar-refractivity contribution in [3.8, 4) is 11.4 Å². The maximum Gasteiger partial charge on any atom is 0.410 e. The molecule has 4 heterocycles. The molecule has 0 atom stereocenters. The summed E-state index contributed by atoms with van der Waals surface area (Å²) in [7, 11) is 0. The van der Waals surface area contributed by atoms with E-state index in [1.807, 2.05) is 42.5 Å². The van der Waals surface area contributed by atoms with Gasteiger partial charge >= 0.3 is 6.09 Å². The van der Waals surface area contributed by atoms with Gasteiger partial charge in [0.25, 0.3) is 0 Å². The Morgan fingerprint density at radius 1 is 1.07 bits per heavy atom. The van der Waals surface area contributed by atoms with E-state index in [4.69, 9.17) is 14.3 Å². The number of amides is 1. The van der Waals surface area contributed by atoms with E-state index >= 15 is 0 Å². The van der Waals surface area contributed by atoms with Crippen LogP contribution in [0.25, 0.3) is 11.4 Å². The molecular formula is C30H29BrN6O3. The third kappa shape index (κ3) is 5.86. The fraction of sp³-hybridized carbons (Fsp3) is 0.267. The minimum Gasteiger partial charge on any atom is -0.445 e. The second-order valence-corrected chi connectivity index (χ2v) is 10.7. The summed E-state index contributed by atoms with van der Waals surface area (Å²) in [6.07, 6.45) is 9.07. The molecule has 1 fully saturated rings. The number of rotatable bonds is 7. The molecule has 0 spiro atoms. The summed E-state index contributed by atoms with van der Waals surface area (Å²) in [6, 6.07) is 17.9. The second kappa shape index (κ2) is 11.9. The molecule has 0 unspecified atom stereocenters. The Bertz CT molecular complexity index is 1460. The topological polar surface area (TPSA) is 96.1 Å². The summed E-state index contributed by atoms with van der Waals surface area (Å²) in [6.45, 7) is 2.97. The lowest BCUT2D eigenvalue weighted by Gasteiger charge is -2.36. The summed E-state index contributed by atoms with van der Waals surface area (Å²) in [5, 5.41) is 7.52. The lowest BCUT2D eigenvalue weighted by molar-refractivity contribution is 0.0864. The normalized spacial score (nSPS) is 17.3. The monoisotopic (exact) mass is 600 g/mol. The number of nitrogens with zero attached hydrogens (tertiary/aromatic N) is 5. The van der Waals surface area contributed by atoms with Crippen LogP contribution < -0.4 is 5.32 Å². The largest absolute Gasteiger partial charge is 0.445 e. The number of hydrogen-bond acceptors (Lipinski definition) is 8. The van der Waals surface area contributed by atoms with Crippen LogP contribution in [0.15, 0.2) is 105 Å². The van der Waals surface area contributed by atoms with Crippen LogP contribution in [0.2, 0.25) is 0 Å². The van der Waals surface area contributed by atoms with Crippen LogP contribution in [0.4, 0.5) is 4.79 Å². The average molecular weight is 602 g/mol. The van der Waals surface area contributed by atoms with Gasteiger partial charge in [0.05, 0.1) is 4.48 Å². The van der Waals surface area contributed by atoms with Crippen molar-refractivity contribution < 1.29 is 14.1 Å². The summed E-state index contributed by atoms with van der Waals surface area (Å²) in [5.74, 6) is 2.74. The van der Waals surface area contributed by atoms with Crippen LogP contribution >= 0.6 is 15.9 Å². The van der Waals surface area contributed by atoms with E-state index in [-0.39, 0.29) is 18.6 Å². The van der Waals surface area contributed by atoms with Gasteiger partial charge in [-0.25, -0.2) is 9.79 Å². The van der Waals surface area contributed by atoms with Gasteiger partial charge < -0.3 is 24.4 Å². The van der Waals surface area contributed by atoms with Crippen LogP contribution in [-0.4, -0.2) is 51.4 Å². The molecule has 9 nitrogen and oxygen atoms in total. The predicted molar refractivity (Wildman–Crippen MR) is 155 cm³/mol. The minimum absolute atomic E-state index is 0.255. The number of nitrogens with one attached hydrogen (secondary N) is 1. The number of likely N-dealkylation sites (tertiary alicyclic amines) is 1. The molecule has 3 aliphatic rings. The Labute approximate surface area is 241 Å². The average Bonchev–Trinajstić information content (AvgIpc) is 3.55. The summed E-state index contributed by atoms with van der Waals surface area (Å²) < 4.78 is 11.4. The number of piperidine rings is 1. The van der Waals surface area contributed by atoms with Crippen molar-refractivity contribution in [2.45, 2.75) is 26.0 Å². The van der Waals surface area contributed by atoms with Crippen LogP contribution in [0.1, 0.15) is 24.0 Å². The number of allylic oxidation sites excluding steroid dienone is 3. The van der Waals surface area contributed by atoms with E-state index in [1.165, 1.54) is 6.39 Å². The zero-order chi connectivity index (χ0) is 27.3. The van der Waals surface area contributed by atoms with Gasteiger partial charge in [-0.05, 0) is 46.0 Å². The molecule has 3 aromatic rings. The zero-order valence-electron chi connectivity index (χ0n) is 21.9. The summed E-state index contributed by atoms with van der Waals surface area (Å²) in [5.41, 5.74) is 4.07. The number of hydrogen-bond donors (Lipinski definition) is 1. The van der Waals surface area contributed by atoms with E-state index in [0.717, 1.165) is 57.9 Å². The Balaban J connectivity index is 1.10. The van der Waals surface area contributed by atoms with Crippen LogP contribution in [0.5, 0.6) is 0 Å². The van der Waals surface area contributed by atoms with Crippen molar-refractivity contribution in [3.63, 3.8) is 0 Å². The molecule has 0 aliphatic carbocycles. The highest BCUT2D eigenvalue weighted by Crippen LogP contribution is 2.32. The first-order valence-corrected chi connectivity index (χ1v) is 14.1. The first-order chi connectivity index (χ1) is 19.6. The van der Waals surface area contributed by atoms with E-state index in [1.54, 1.807) is 4.90 Å². The van der Waals surface area contributed by atoms with Crippen molar-refractivity contribution in [1.82, 2.24) is 25.3 Å². The molecule has 1 aromatic heterocycles. The van der Waals surface area contributed by atoms with Gasteiger partial charge in [0.15, 0.2) is 0 Å². The molecule has 0 saturated carbocycles. The molecular weight excluding hydrogens is 572 g/mol. The number of halogens is 1. The molecule has 3 aliphatic heterocycles. The van der Waals surface area contributed by atoms with E-state index in [0.29, 0.717) is 25.5 Å². The standard InChI is InChI=1S/C30H29BrN6O3/c31-25-7-4-14-37-27(32-18-21-8-10-24(11-9-21)28-33-20-40-35-28)17-26(34-29(25)37)23-12-15-36(16-13-23)30(38)39-19-22-5-2-1-3-6-22/h1-11,17,20,23,32H,12-16,18-19H2. The summed E-state index contributed by atoms with van der Waals surface area (Å²) in [4.78, 5) is 25.8. The van der Waals surface area contributed by atoms with Gasteiger partial charge in [0, 0.05) is 49.4 Å². The molecule has 1 amide bonds. The van der Waals surface area contributed by atoms with Gasteiger partial charge in [-0.3, -0.25) is 0 Å². The third-order valence-corrected chi connectivity index (χ3v) is 7.87. The quantitative estimate of drug-likeness (QED) is 0.376. The zero-order valence-corrected chi connectivity index (χ0v) is 23.5. The van der Waals surface area contributed by atoms with Crippen molar-refractivity contribution in [2.75, 3.05) is 19.6 Å². The van der Waals surface area contributed by atoms with Gasteiger partial charge in [0.2, 0.25) is 12.2 Å². The SMILES string of the molecule is O=C(OCc1ccccc1)N1CCC(C2=NC3=C(Br)C=CCN3C(NCc3ccc(-c4ncon4)cc3)=C2)CC1. The second-order valence-electron chi connectivity index (χ2n) is 9.86. The number of benzene rings is 2. The Morgan fingerprint density at radius 3 is 2.62 bits per heavy atom. The van der Waals surface area contributed by atoms with Crippen molar-refractivity contribution >= 4 is 27.7 Å². The fourth-order valence-electron chi connectivity index (χ4n) is 5.04. The first-order valence-electron chi connectivity index (χ1n) is 13.3. The fourth-order valence-corrected chi connectivity index (χ4v) is 5.53. The Morgan fingerprint density at radius 2 is 1.88 bits per heavy atom. The number of fused-ring (bicyclic) bond motifs is 1. The number of carbonyl (C=O) groups excluding carboxylic acids is 1. The molecule has 0 radical (unpaired) electrons. The Hall–Kier alpha value is -4.18. The Kier molecular flexibility index (Phi) is 7.76. The lowest BCUT2D eigenvalue weighted by Crippen LogP contribution is -2.42. The third-order valence-electron chi connectivity index (χ3n) is 7.26. The molecule has 1 saturated heterocycles. The van der Waals surface area contributed by atoms with Crippen molar-refractivity contribution in [1.29, 1.82) is 0 Å². The van der Waals surface area contributed by atoms with Gasteiger partial charge in [-0.15, -0.1) is 0 Å². The van der Waals surface area contributed by atoms with Gasteiger partial charge in [-0.2, -0.15) is 4.98 Å². The van der Waals surface area contributed by atoms with E-state index in [9.17, 15) is 4.79 Å². The highest BCUT2D eigenvalue weighted by atomic mass is 79.9. The number of aromatic nitrogens is 2. The molecule has 0 bridgehead atoms. The van der Waals surface area contributed by atoms with E-state index in [2.05, 4.69) is 66.6 Å². The highest BCUT2D eigenvalue weighted by Gasteiger charge is 2.30. The number of aliphatic imine (C=N–C) groups is 1. The predicted octanol–water partition coefficient (Wildman–Crippen LogP) is 5.61. The van der Waals surface area contributed by atoms with Crippen molar-refractivity contribution in [3.05, 3.63) is 106 Å². The first kappa shape index (κ1) is 26.1. The van der Waals surface area contributed by atoms with Gasteiger partial charge in [-0.1, -0.05) is 65.8 Å². The molecule has 204 valence electrons. The maximum absolute atomic E-state index is 12.7. The highest BCUT2D eigenvalue weighted by molar-refractivity contribution is 9.11. The molecule has 1 N–H and O–H groups in total. The molecule has 10 heteroatoms. The lowest BCUT2D eigenvalue weighted by atomic mass is 9.91. The molecule has 40 heavy (non-hydrogen) atoms. The molecule has 6 rings (SSSR count). The maximum atomic E-state index is 12.7. The van der Waals surface area contributed by atoms with E-state index < -0.39 is 0 Å². The molecule has 2 aromatic carbocycles. The van der Waals surface area contributed by atoms with Crippen LogP contribution in [0, 0.1) is 5.92 Å². The van der Waals surface area contributed by atoms with Crippen LogP contribution in [-0.2, 0) is 17.9 Å². The summed E-state index contributed by atoms with van der Waals surface area (Å²) >= 11 is 3.70. The van der Waals surface area contributed by atoms with Gasteiger partial charge in [0.1, 0.15) is 18.2 Å². The smallest absolute Gasteiger partial charge is 0.410 e.